The molecule has 1 N–H and O–H groups in total. The van der Waals surface area contributed by atoms with Crippen molar-refractivity contribution in [2.24, 2.45) is 0 Å². The Bertz CT molecular complexity index is 951. The van der Waals surface area contributed by atoms with Gasteiger partial charge in [-0.15, -0.1) is 0 Å². The predicted molar refractivity (Wildman–Crippen MR) is 103 cm³/mol. The van der Waals surface area contributed by atoms with Crippen LogP contribution < -0.4 is 10.1 Å². The fourth-order valence-electron chi connectivity index (χ4n) is 2.61. The van der Waals surface area contributed by atoms with Crippen LogP contribution in [0.3, 0.4) is 0 Å². The Morgan fingerprint density at radius 2 is 2.00 bits per heavy atom. The largest absolute Gasteiger partial charge is 0.483 e. The second kappa shape index (κ2) is 8.22. The van der Waals surface area contributed by atoms with Gasteiger partial charge < -0.3 is 10.1 Å². The number of benzene rings is 2. The first-order valence-electron chi connectivity index (χ1n) is 8.39. The fraction of sp³-hybridized carbons (Fsp3) is 0.200. The molecule has 0 atom stereocenters. The van der Waals surface area contributed by atoms with Crippen LogP contribution >= 0.6 is 11.6 Å². The zero-order chi connectivity index (χ0) is 19.4. The van der Waals surface area contributed by atoms with Crippen LogP contribution in [0.5, 0.6) is 5.75 Å². The van der Waals surface area contributed by atoms with Crippen molar-refractivity contribution in [2.75, 3.05) is 11.9 Å². The van der Waals surface area contributed by atoms with Crippen molar-refractivity contribution in [3.8, 4) is 5.75 Å². The number of carbonyl (C=O) groups is 1. The molecule has 5 nitrogen and oxygen atoms in total. The zero-order valence-corrected chi connectivity index (χ0v) is 15.8. The molecule has 0 saturated heterocycles. The first-order valence-corrected chi connectivity index (χ1v) is 8.77. The lowest BCUT2D eigenvalue weighted by molar-refractivity contribution is -0.118. The molecular weight excluding hydrogens is 369 g/mol. The van der Waals surface area contributed by atoms with E-state index in [2.05, 4.69) is 10.4 Å². The lowest BCUT2D eigenvalue weighted by Crippen LogP contribution is -2.20. The second-order valence-electron chi connectivity index (χ2n) is 6.13. The average molecular weight is 388 g/mol. The minimum Gasteiger partial charge on any atom is -0.483 e. The molecule has 0 aliphatic heterocycles. The van der Waals surface area contributed by atoms with Gasteiger partial charge >= 0.3 is 0 Å². The van der Waals surface area contributed by atoms with Crippen LogP contribution in [0, 0.1) is 19.7 Å². The van der Waals surface area contributed by atoms with Crippen LogP contribution in [0.15, 0.2) is 48.5 Å². The molecule has 3 rings (SSSR count). The maximum Gasteiger partial charge on any atom is 0.263 e. The molecule has 0 fully saturated rings. The van der Waals surface area contributed by atoms with Crippen molar-refractivity contribution in [3.63, 3.8) is 0 Å². The average Bonchev–Trinajstić information content (AvgIpc) is 2.96. The Kier molecular flexibility index (Phi) is 5.76. The Balaban J connectivity index is 1.64. The molecule has 0 spiro atoms. The minimum atomic E-state index is -0.394. The lowest BCUT2D eigenvalue weighted by Gasteiger charge is -2.08. The number of aryl methyl sites for hydroxylation is 2. The summed E-state index contributed by atoms with van der Waals surface area (Å²) < 4.78 is 21.1. The fourth-order valence-corrected chi connectivity index (χ4v) is 2.83. The number of halogens is 2. The highest BCUT2D eigenvalue weighted by Crippen LogP contribution is 2.21. The summed E-state index contributed by atoms with van der Waals surface area (Å²) in [6, 6.07) is 13.7. The highest BCUT2D eigenvalue weighted by molar-refractivity contribution is 6.31. The normalized spacial score (nSPS) is 10.7. The Labute approximate surface area is 161 Å². The van der Waals surface area contributed by atoms with E-state index < -0.39 is 5.82 Å². The lowest BCUT2D eigenvalue weighted by atomic mass is 10.2. The molecule has 0 bridgehead atoms. The number of rotatable bonds is 6. The van der Waals surface area contributed by atoms with Gasteiger partial charge in [0, 0.05) is 22.3 Å². The highest BCUT2D eigenvalue weighted by Gasteiger charge is 2.13. The summed E-state index contributed by atoms with van der Waals surface area (Å²) in [6.07, 6.45) is 0. The van der Waals surface area contributed by atoms with Gasteiger partial charge in [0.05, 0.1) is 6.54 Å². The molecule has 0 radical (unpaired) electrons. The van der Waals surface area contributed by atoms with E-state index in [1.165, 1.54) is 6.07 Å². The molecule has 0 aliphatic carbocycles. The molecule has 1 heterocycles. The number of aromatic nitrogens is 2. The third kappa shape index (κ3) is 4.65. The van der Waals surface area contributed by atoms with Crippen LogP contribution in [0.1, 0.15) is 16.8 Å². The molecule has 140 valence electrons. The molecule has 3 aromatic rings. The van der Waals surface area contributed by atoms with E-state index in [1.54, 1.807) is 28.9 Å². The van der Waals surface area contributed by atoms with Crippen LogP contribution in [0.4, 0.5) is 10.2 Å². The summed E-state index contributed by atoms with van der Waals surface area (Å²) in [5.74, 6) is 0.309. The molecule has 0 unspecified atom stereocenters. The second-order valence-corrected chi connectivity index (χ2v) is 6.54. The van der Waals surface area contributed by atoms with Gasteiger partial charge in [-0.05, 0) is 37.6 Å². The number of ether oxygens (including phenoxy) is 1. The van der Waals surface area contributed by atoms with Crippen molar-refractivity contribution in [1.82, 2.24) is 9.78 Å². The Morgan fingerprint density at radius 1 is 1.22 bits per heavy atom. The quantitative estimate of drug-likeness (QED) is 0.683. The molecular formula is C20H19ClFN3O2. The van der Waals surface area contributed by atoms with Crippen LogP contribution in [-0.2, 0) is 11.3 Å². The van der Waals surface area contributed by atoms with Crippen molar-refractivity contribution in [2.45, 2.75) is 20.4 Å². The third-order valence-electron chi connectivity index (χ3n) is 4.07. The number of nitrogens with one attached hydrogen (secondary N) is 1. The van der Waals surface area contributed by atoms with E-state index in [4.69, 9.17) is 16.3 Å². The van der Waals surface area contributed by atoms with Crippen LogP contribution in [-0.4, -0.2) is 22.3 Å². The van der Waals surface area contributed by atoms with Crippen molar-refractivity contribution < 1.29 is 13.9 Å². The standard InChI is InChI=1S/C20H19ClFN3O2/c1-13-6-3-4-9-18(13)27-12-20(26)23-19-10-14(2)25(24-19)11-15-16(21)7-5-8-17(15)22/h3-10H,11-12H2,1-2H3,(H,23,24,26). The van der Waals surface area contributed by atoms with E-state index in [1.807, 2.05) is 32.0 Å². The highest BCUT2D eigenvalue weighted by atomic mass is 35.5. The molecule has 7 heteroatoms. The van der Waals surface area contributed by atoms with Gasteiger partial charge in [0.25, 0.3) is 5.91 Å². The van der Waals surface area contributed by atoms with Gasteiger partial charge in [0.2, 0.25) is 0 Å². The predicted octanol–water partition coefficient (Wildman–Crippen LogP) is 4.36. The summed E-state index contributed by atoms with van der Waals surface area (Å²) in [5, 5.41) is 7.32. The number of hydrogen-bond acceptors (Lipinski definition) is 3. The summed E-state index contributed by atoms with van der Waals surface area (Å²) in [4.78, 5) is 12.1. The Hall–Kier alpha value is -2.86. The molecule has 0 aliphatic rings. The maximum atomic E-state index is 14.0. The van der Waals surface area contributed by atoms with E-state index in [-0.39, 0.29) is 19.1 Å². The molecule has 1 amide bonds. The van der Waals surface area contributed by atoms with Gasteiger partial charge in [0.15, 0.2) is 12.4 Å². The van der Waals surface area contributed by atoms with Gasteiger partial charge in [0.1, 0.15) is 11.6 Å². The summed E-state index contributed by atoms with van der Waals surface area (Å²) in [6.45, 7) is 3.77. The maximum absolute atomic E-state index is 14.0. The van der Waals surface area contributed by atoms with E-state index in [9.17, 15) is 9.18 Å². The topological polar surface area (TPSA) is 56.1 Å². The van der Waals surface area contributed by atoms with Crippen LogP contribution in [0.25, 0.3) is 0 Å². The SMILES string of the molecule is Cc1ccccc1OCC(=O)Nc1cc(C)n(Cc2c(F)cccc2Cl)n1. The molecule has 0 saturated carbocycles. The number of para-hydroxylation sites is 1. The van der Waals surface area contributed by atoms with Crippen molar-refractivity contribution in [1.29, 1.82) is 0 Å². The first kappa shape index (κ1) is 18.9. The molecule has 27 heavy (non-hydrogen) atoms. The summed E-state index contributed by atoms with van der Waals surface area (Å²) >= 11 is 6.07. The monoisotopic (exact) mass is 387 g/mol. The smallest absolute Gasteiger partial charge is 0.263 e. The third-order valence-corrected chi connectivity index (χ3v) is 4.42. The van der Waals surface area contributed by atoms with Gasteiger partial charge in [-0.3, -0.25) is 9.48 Å². The number of amides is 1. The van der Waals surface area contributed by atoms with Gasteiger partial charge in [-0.25, -0.2) is 4.39 Å². The summed E-state index contributed by atoms with van der Waals surface area (Å²) in [5.41, 5.74) is 2.07. The number of carbonyl (C=O) groups excluding carboxylic acids is 1. The summed E-state index contributed by atoms with van der Waals surface area (Å²) in [7, 11) is 0. The van der Waals surface area contributed by atoms with E-state index in [0.717, 1.165) is 11.3 Å². The molecule has 2 aromatic carbocycles. The van der Waals surface area contributed by atoms with Crippen molar-refractivity contribution in [3.05, 3.63) is 76.2 Å². The van der Waals surface area contributed by atoms with Gasteiger partial charge in [-0.1, -0.05) is 35.9 Å². The molecule has 1 aromatic heterocycles. The van der Waals surface area contributed by atoms with E-state index >= 15 is 0 Å². The van der Waals surface area contributed by atoms with Crippen molar-refractivity contribution >= 4 is 23.3 Å². The first-order chi connectivity index (χ1) is 12.9. The number of hydrogen-bond donors (Lipinski definition) is 1. The minimum absolute atomic E-state index is 0.129. The number of nitrogens with zero attached hydrogens (tertiary/aromatic N) is 2. The van der Waals surface area contributed by atoms with Crippen LogP contribution in [0.2, 0.25) is 5.02 Å². The van der Waals surface area contributed by atoms with E-state index in [0.29, 0.717) is 22.2 Å². The Morgan fingerprint density at radius 3 is 2.74 bits per heavy atom. The number of anilines is 1. The zero-order valence-electron chi connectivity index (χ0n) is 15.0. The van der Waals surface area contributed by atoms with Gasteiger partial charge in [-0.2, -0.15) is 5.10 Å².